The lowest BCUT2D eigenvalue weighted by Crippen LogP contribution is -1.86. The maximum atomic E-state index is 9.68. The molecule has 22 heavy (non-hydrogen) atoms. The number of allylic oxidation sites excluding steroid dienone is 5. The minimum Gasteiger partial charge on any atom is -0.508 e. The summed E-state index contributed by atoms with van der Waals surface area (Å²) in [6, 6.07) is 7.66. The van der Waals surface area contributed by atoms with Gasteiger partial charge in [0.05, 0.1) is 0 Å². The zero-order chi connectivity index (χ0) is 15.9. The van der Waals surface area contributed by atoms with Crippen LogP contribution < -0.4 is 0 Å². The fraction of sp³-hybridized carbons (Fsp3) is 0.429. The van der Waals surface area contributed by atoms with Gasteiger partial charge in [-0.2, -0.15) is 0 Å². The van der Waals surface area contributed by atoms with Crippen molar-refractivity contribution in [1.29, 1.82) is 0 Å². The van der Waals surface area contributed by atoms with Crippen molar-refractivity contribution in [3.05, 3.63) is 66.8 Å². The first-order chi connectivity index (χ1) is 10.8. The summed E-state index contributed by atoms with van der Waals surface area (Å²) in [7, 11) is 0. The Balaban J connectivity index is 1.92. The molecule has 120 valence electrons. The Labute approximate surface area is 136 Å². The highest BCUT2D eigenvalue weighted by Crippen LogP contribution is 2.18. The Kier molecular flexibility index (Phi) is 10.8. The molecule has 0 spiro atoms. The number of aryl methyl sites for hydroxylation is 1. The molecule has 0 amide bonds. The molecule has 0 saturated heterocycles. The monoisotopic (exact) mass is 298 g/mol. The normalized spacial score (nSPS) is 11.5. The second-order valence-corrected chi connectivity index (χ2v) is 5.64. The van der Waals surface area contributed by atoms with Gasteiger partial charge in [-0.3, -0.25) is 0 Å². The molecule has 1 heteroatoms. The standard InChI is InChI=1S/C21H30O/c1-2-3-4-5-6-7-8-9-10-11-12-13-14-17-20-18-15-16-19-21(20)22/h2,4-5,7-8,15-16,18-19,22H,1,3,6,9-14,17H2. The fourth-order valence-corrected chi connectivity index (χ4v) is 2.41. The highest BCUT2D eigenvalue weighted by Gasteiger charge is 1.98. The third kappa shape index (κ3) is 9.23. The summed E-state index contributed by atoms with van der Waals surface area (Å²) in [6.45, 7) is 3.69. The Morgan fingerprint density at radius 1 is 0.818 bits per heavy atom. The molecular weight excluding hydrogens is 268 g/mol. The zero-order valence-electron chi connectivity index (χ0n) is 13.7. The molecular formula is C21H30O. The smallest absolute Gasteiger partial charge is 0.118 e. The van der Waals surface area contributed by atoms with Gasteiger partial charge in [-0.25, -0.2) is 0 Å². The second-order valence-electron chi connectivity index (χ2n) is 5.64. The van der Waals surface area contributed by atoms with Crippen molar-refractivity contribution in [3.8, 4) is 5.75 Å². The van der Waals surface area contributed by atoms with E-state index >= 15 is 0 Å². The van der Waals surface area contributed by atoms with Gasteiger partial charge < -0.3 is 5.11 Å². The van der Waals surface area contributed by atoms with Crippen LogP contribution in [0.15, 0.2) is 61.2 Å². The minimum absolute atomic E-state index is 0.440. The highest BCUT2D eigenvalue weighted by atomic mass is 16.3. The summed E-state index contributed by atoms with van der Waals surface area (Å²) in [5, 5.41) is 9.68. The summed E-state index contributed by atoms with van der Waals surface area (Å²) in [5.41, 5.74) is 1.08. The Morgan fingerprint density at radius 3 is 2.32 bits per heavy atom. The Hall–Kier alpha value is -1.76. The first-order valence-corrected chi connectivity index (χ1v) is 8.52. The second kappa shape index (κ2) is 12.9. The molecule has 1 rings (SSSR count). The van der Waals surface area contributed by atoms with Crippen LogP contribution in [-0.4, -0.2) is 5.11 Å². The molecule has 0 atom stereocenters. The Morgan fingerprint density at radius 2 is 1.50 bits per heavy atom. The van der Waals surface area contributed by atoms with Crippen LogP contribution >= 0.6 is 0 Å². The molecule has 0 saturated carbocycles. The van der Waals surface area contributed by atoms with Crippen molar-refractivity contribution < 1.29 is 5.11 Å². The summed E-state index contributed by atoms with van der Waals surface area (Å²) in [4.78, 5) is 0. The molecule has 0 heterocycles. The van der Waals surface area contributed by atoms with Crippen molar-refractivity contribution in [2.45, 2.75) is 57.8 Å². The minimum atomic E-state index is 0.440. The third-order valence-corrected chi connectivity index (χ3v) is 3.72. The average molecular weight is 298 g/mol. The number of hydrogen-bond acceptors (Lipinski definition) is 1. The van der Waals surface area contributed by atoms with Gasteiger partial charge in [0, 0.05) is 0 Å². The molecule has 0 radical (unpaired) electrons. The predicted molar refractivity (Wildman–Crippen MR) is 97.2 cm³/mol. The quantitative estimate of drug-likeness (QED) is 0.352. The third-order valence-electron chi connectivity index (χ3n) is 3.72. The van der Waals surface area contributed by atoms with Gasteiger partial charge in [-0.05, 0) is 50.2 Å². The van der Waals surface area contributed by atoms with E-state index in [0.717, 1.165) is 24.8 Å². The van der Waals surface area contributed by atoms with Gasteiger partial charge in [0.15, 0.2) is 0 Å². The molecule has 1 N–H and O–H groups in total. The van der Waals surface area contributed by atoms with Crippen LogP contribution in [-0.2, 0) is 6.42 Å². The van der Waals surface area contributed by atoms with Crippen molar-refractivity contribution in [1.82, 2.24) is 0 Å². The summed E-state index contributed by atoms with van der Waals surface area (Å²) >= 11 is 0. The molecule has 0 bridgehead atoms. The van der Waals surface area contributed by atoms with Crippen LogP contribution in [0.25, 0.3) is 0 Å². The van der Waals surface area contributed by atoms with Gasteiger partial charge in [-0.15, -0.1) is 6.58 Å². The van der Waals surface area contributed by atoms with Gasteiger partial charge >= 0.3 is 0 Å². The van der Waals surface area contributed by atoms with Crippen molar-refractivity contribution in [2.75, 3.05) is 0 Å². The van der Waals surface area contributed by atoms with Crippen LogP contribution in [0.3, 0.4) is 0 Å². The van der Waals surface area contributed by atoms with E-state index in [-0.39, 0.29) is 0 Å². The van der Waals surface area contributed by atoms with Crippen LogP contribution in [0, 0.1) is 0 Å². The number of rotatable bonds is 12. The van der Waals surface area contributed by atoms with Crippen molar-refractivity contribution in [3.63, 3.8) is 0 Å². The predicted octanol–water partition coefficient (Wildman–Crippen LogP) is 6.35. The highest BCUT2D eigenvalue weighted by molar-refractivity contribution is 5.31. The zero-order valence-corrected chi connectivity index (χ0v) is 13.7. The molecule has 1 aromatic rings. The molecule has 1 aromatic carbocycles. The molecule has 0 aliphatic heterocycles. The molecule has 0 aromatic heterocycles. The maximum absolute atomic E-state index is 9.68. The lowest BCUT2D eigenvalue weighted by Gasteiger charge is -2.04. The SMILES string of the molecule is C=CCC=CCC=CCCCCCCCc1ccccc1O. The van der Waals surface area contributed by atoms with Crippen LogP contribution in [0.5, 0.6) is 5.75 Å². The van der Waals surface area contributed by atoms with Gasteiger partial charge in [0.1, 0.15) is 5.75 Å². The van der Waals surface area contributed by atoms with Gasteiger partial charge in [0.25, 0.3) is 0 Å². The fourth-order valence-electron chi connectivity index (χ4n) is 2.41. The van der Waals surface area contributed by atoms with E-state index in [0.29, 0.717) is 5.75 Å². The van der Waals surface area contributed by atoms with Crippen molar-refractivity contribution in [2.24, 2.45) is 0 Å². The van der Waals surface area contributed by atoms with Crippen LogP contribution in [0.2, 0.25) is 0 Å². The van der Waals surface area contributed by atoms with E-state index in [2.05, 4.69) is 30.9 Å². The van der Waals surface area contributed by atoms with E-state index in [1.165, 1.54) is 38.5 Å². The number of aromatic hydroxyl groups is 1. The Bertz CT molecular complexity index is 457. The van der Waals surface area contributed by atoms with E-state index in [4.69, 9.17) is 0 Å². The lowest BCUT2D eigenvalue weighted by molar-refractivity contribution is 0.466. The van der Waals surface area contributed by atoms with E-state index in [1.54, 1.807) is 6.07 Å². The number of para-hydroxylation sites is 1. The molecule has 1 nitrogen and oxygen atoms in total. The first kappa shape index (κ1) is 18.3. The van der Waals surface area contributed by atoms with Crippen LogP contribution in [0.4, 0.5) is 0 Å². The maximum Gasteiger partial charge on any atom is 0.118 e. The number of phenols is 1. The lowest BCUT2D eigenvalue weighted by atomic mass is 10.0. The van der Waals surface area contributed by atoms with E-state index in [1.807, 2.05) is 24.3 Å². The number of hydrogen-bond donors (Lipinski definition) is 1. The molecule has 0 aliphatic rings. The topological polar surface area (TPSA) is 20.2 Å². The largest absolute Gasteiger partial charge is 0.508 e. The van der Waals surface area contributed by atoms with Crippen molar-refractivity contribution >= 4 is 0 Å². The number of benzene rings is 1. The summed E-state index contributed by atoms with van der Waals surface area (Å²) < 4.78 is 0. The van der Waals surface area contributed by atoms with Gasteiger partial charge in [0.2, 0.25) is 0 Å². The summed E-state index contributed by atoms with van der Waals surface area (Å²) in [6.07, 6.45) is 21.3. The van der Waals surface area contributed by atoms with E-state index < -0.39 is 0 Å². The number of unbranched alkanes of at least 4 members (excludes halogenated alkanes) is 5. The van der Waals surface area contributed by atoms with Gasteiger partial charge in [-0.1, -0.05) is 67.8 Å². The molecule has 0 fully saturated rings. The average Bonchev–Trinajstić information content (AvgIpc) is 2.53. The number of phenolic OH excluding ortho intramolecular Hbond substituents is 1. The van der Waals surface area contributed by atoms with Crippen LogP contribution in [0.1, 0.15) is 56.9 Å². The van der Waals surface area contributed by atoms with E-state index in [9.17, 15) is 5.11 Å². The molecule has 0 unspecified atom stereocenters. The summed E-state index contributed by atoms with van der Waals surface area (Å²) in [5.74, 6) is 0.440. The first-order valence-electron chi connectivity index (χ1n) is 8.52. The molecule has 0 aliphatic carbocycles.